The second-order valence-electron chi connectivity index (χ2n) is 4.52. The molecule has 1 aliphatic heterocycles. The van der Waals surface area contributed by atoms with Gasteiger partial charge in [-0.25, -0.2) is 5.90 Å². The first-order chi connectivity index (χ1) is 8.69. The third-order valence-corrected chi connectivity index (χ3v) is 3.72. The van der Waals surface area contributed by atoms with Gasteiger partial charge in [-0.2, -0.15) is 0 Å². The molecule has 0 aromatic heterocycles. The van der Waals surface area contributed by atoms with Crippen LogP contribution in [0.3, 0.4) is 0 Å². The molecule has 18 heavy (non-hydrogen) atoms. The first-order valence-electron chi connectivity index (χ1n) is 6.07. The molecular weight excluding hydrogens is 296 g/mol. The highest BCUT2D eigenvalue weighted by Crippen LogP contribution is 2.16. The molecule has 1 amide bonds. The van der Waals surface area contributed by atoms with Crippen molar-refractivity contribution in [1.29, 1.82) is 0 Å². The third kappa shape index (κ3) is 3.54. The first-order valence-corrected chi connectivity index (χ1v) is 6.86. The second-order valence-corrected chi connectivity index (χ2v) is 5.44. The average Bonchev–Trinajstić information content (AvgIpc) is 2.39. The summed E-state index contributed by atoms with van der Waals surface area (Å²) < 4.78 is 1.00. The van der Waals surface area contributed by atoms with Gasteiger partial charge in [-0.3, -0.25) is 4.79 Å². The van der Waals surface area contributed by atoms with Crippen LogP contribution in [-0.4, -0.2) is 30.0 Å². The number of benzene rings is 1. The summed E-state index contributed by atoms with van der Waals surface area (Å²) >= 11 is 3.41. The quantitative estimate of drug-likeness (QED) is 0.867. The Hall–Kier alpha value is -0.910. The van der Waals surface area contributed by atoms with Crippen molar-refractivity contribution in [3.05, 3.63) is 34.3 Å². The largest absolute Gasteiger partial charge is 0.342 e. The van der Waals surface area contributed by atoms with Crippen molar-refractivity contribution in [2.75, 3.05) is 13.1 Å². The molecule has 2 N–H and O–H groups in total. The normalized spacial score (nSPS) is 16.9. The van der Waals surface area contributed by atoms with Gasteiger partial charge in [0.2, 0.25) is 5.91 Å². The zero-order chi connectivity index (χ0) is 13.0. The minimum atomic E-state index is 0.0971. The maximum absolute atomic E-state index is 12.1. The number of hydrogen-bond donors (Lipinski definition) is 1. The van der Waals surface area contributed by atoms with E-state index in [9.17, 15) is 4.79 Å². The van der Waals surface area contributed by atoms with E-state index in [0.717, 1.165) is 36.0 Å². The Bertz CT molecular complexity index is 417. The molecule has 1 fully saturated rings. The monoisotopic (exact) mass is 312 g/mol. The van der Waals surface area contributed by atoms with E-state index in [0.29, 0.717) is 6.42 Å². The summed E-state index contributed by atoms with van der Waals surface area (Å²) in [7, 11) is 0. The third-order valence-electron chi connectivity index (χ3n) is 3.23. The number of likely N-dealkylation sites (tertiary alicyclic amines) is 1. The van der Waals surface area contributed by atoms with Crippen LogP contribution in [0.2, 0.25) is 0 Å². The molecule has 0 atom stereocenters. The first kappa shape index (κ1) is 13.5. The zero-order valence-corrected chi connectivity index (χ0v) is 11.7. The van der Waals surface area contributed by atoms with E-state index in [2.05, 4.69) is 15.9 Å². The molecule has 0 unspecified atom stereocenters. The fraction of sp³-hybridized carbons (Fsp3) is 0.462. The minimum Gasteiger partial charge on any atom is -0.342 e. The molecule has 2 rings (SSSR count). The van der Waals surface area contributed by atoms with E-state index in [1.54, 1.807) is 0 Å². The number of nitrogens with zero attached hydrogens (tertiary/aromatic N) is 1. The summed E-state index contributed by atoms with van der Waals surface area (Å²) in [5.41, 5.74) is 1.03. The van der Waals surface area contributed by atoms with Crippen molar-refractivity contribution >= 4 is 21.8 Å². The van der Waals surface area contributed by atoms with Crippen LogP contribution in [0.1, 0.15) is 18.4 Å². The molecule has 0 spiro atoms. The number of piperidine rings is 1. The van der Waals surface area contributed by atoms with E-state index in [4.69, 9.17) is 10.7 Å². The Morgan fingerprint density at radius 1 is 1.44 bits per heavy atom. The standard InChI is InChI=1S/C13H17BrN2O2/c14-11-3-1-2-10(8-11)9-13(17)16-6-4-12(18-15)5-7-16/h1-3,8,12H,4-7,9,15H2. The number of halogens is 1. The smallest absolute Gasteiger partial charge is 0.226 e. The maximum Gasteiger partial charge on any atom is 0.226 e. The lowest BCUT2D eigenvalue weighted by Crippen LogP contribution is -2.42. The molecule has 0 bridgehead atoms. The molecular formula is C13H17BrN2O2. The van der Waals surface area contributed by atoms with Gasteiger partial charge in [0.25, 0.3) is 0 Å². The van der Waals surface area contributed by atoms with Crippen molar-refractivity contribution in [2.24, 2.45) is 5.90 Å². The fourth-order valence-corrected chi connectivity index (χ4v) is 2.62. The van der Waals surface area contributed by atoms with E-state index < -0.39 is 0 Å². The van der Waals surface area contributed by atoms with Crippen LogP contribution in [0.4, 0.5) is 0 Å². The van der Waals surface area contributed by atoms with Gasteiger partial charge >= 0.3 is 0 Å². The van der Waals surface area contributed by atoms with Gasteiger partial charge in [0.1, 0.15) is 0 Å². The Labute approximate surface area is 115 Å². The van der Waals surface area contributed by atoms with Crippen LogP contribution in [-0.2, 0) is 16.1 Å². The number of nitrogens with two attached hydrogens (primary N) is 1. The predicted octanol–water partition coefficient (Wildman–Crippen LogP) is 1.87. The number of carbonyl (C=O) groups excluding carboxylic acids is 1. The van der Waals surface area contributed by atoms with Crippen LogP contribution in [0, 0.1) is 0 Å². The van der Waals surface area contributed by atoms with Gasteiger partial charge in [0.15, 0.2) is 0 Å². The van der Waals surface area contributed by atoms with Gasteiger partial charge in [-0.15, -0.1) is 0 Å². The van der Waals surface area contributed by atoms with Gasteiger partial charge in [0.05, 0.1) is 12.5 Å². The topological polar surface area (TPSA) is 55.6 Å². The van der Waals surface area contributed by atoms with E-state index in [1.807, 2.05) is 29.2 Å². The van der Waals surface area contributed by atoms with Gasteiger partial charge in [-0.05, 0) is 30.5 Å². The highest BCUT2D eigenvalue weighted by Gasteiger charge is 2.22. The number of rotatable bonds is 3. The Morgan fingerprint density at radius 2 is 2.17 bits per heavy atom. The average molecular weight is 313 g/mol. The summed E-state index contributed by atoms with van der Waals surface area (Å²) in [6, 6.07) is 7.85. The molecule has 1 aromatic carbocycles. The predicted molar refractivity (Wildman–Crippen MR) is 72.7 cm³/mol. The molecule has 1 saturated heterocycles. The molecule has 0 aliphatic carbocycles. The van der Waals surface area contributed by atoms with Crippen molar-refractivity contribution in [3.8, 4) is 0 Å². The summed E-state index contributed by atoms with van der Waals surface area (Å²) in [6.45, 7) is 1.46. The lowest BCUT2D eigenvalue weighted by atomic mass is 10.1. The molecule has 4 nitrogen and oxygen atoms in total. The summed E-state index contributed by atoms with van der Waals surface area (Å²) in [6.07, 6.45) is 2.19. The maximum atomic E-state index is 12.1. The van der Waals surface area contributed by atoms with Crippen molar-refractivity contribution in [1.82, 2.24) is 4.90 Å². The highest BCUT2D eigenvalue weighted by molar-refractivity contribution is 9.10. The lowest BCUT2D eigenvalue weighted by Gasteiger charge is -2.30. The fourth-order valence-electron chi connectivity index (χ4n) is 2.17. The van der Waals surface area contributed by atoms with Crippen molar-refractivity contribution < 1.29 is 9.63 Å². The van der Waals surface area contributed by atoms with Crippen LogP contribution in [0.5, 0.6) is 0 Å². The minimum absolute atomic E-state index is 0.0971. The SMILES string of the molecule is NOC1CCN(C(=O)Cc2cccc(Br)c2)CC1. The zero-order valence-electron chi connectivity index (χ0n) is 10.1. The number of carbonyl (C=O) groups is 1. The van der Waals surface area contributed by atoms with Crippen LogP contribution >= 0.6 is 15.9 Å². The number of hydrogen-bond acceptors (Lipinski definition) is 3. The number of amides is 1. The molecule has 5 heteroatoms. The van der Waals surface area contributed by atoms with Crippen molar-refractivity contribution in [2.45, 2.75) is 25.4 Å². The molecule has 0 radical (unpaired) electrons. The van der Waals surface area contributed by atoms with E-state index >= 15 is 0 Å². The highest BCUT2D eigenvalue weighted by atomic mass is 79.9. The van der Waals surface area contributed by atoms with Crippen LogP contribution < -0.4 is 5.90 Å². The molecule has 1 heterocycles. The molecule has 1 aliphatic rings. The molecule has 0 saturated carbocycles. The Balaban J connectivity index is 1.89. The molecule has 1 aromatic rings. The summed E-state index contributed by atoms with van der Waals surface area (Å²) in [5.74, 6) is 5.33. The van der Waals surface area contributed by atoms with E-state index in [1.165, 1.54) is 0 Å². The molecule has 98 valence electrons. The Kier molecular flexibility index (Phi) is 4.74. The summed E-state index contributed by atoms with van der Waals surface area (Å²) in [5, 5.41) is 0. The van der Waals surface area contributed by atoms with Crippen LogP contribution in [0.15, 0.2) is 28.7 Å². The second kappa shape index (κ2) is 6.31. The van der Waals surface area contributed by atoms with Gasteiger partial charge in [0, 0.05) is 17.6 Å². The van der Waals surface area contributed by atoms with E-state index in [-0.39, 0.29) is 12.0 Å². The summed E-state index contributed by atoms with van der Waals surface area (Å²) in [4.78, 5) is 18.8. The van der Waals surface area contributed by atoms with Gasteiger partial charge in [-0.1, -0.05) is 28.1 Å². The lowest BCUT2D eigenvalue weighted by molar-refractivity contribution is -0.133. The van der Waals surface area contributed by atoms with Crippen LogP contribution in [0.25, 0.3) is 0 Å². The van der Waals surface area contributed by atoms with Gasteiger partial charge < -0.3 is 9.74 Å². The van der Waals surface area contributed by atoms with Crippen molar-refractivity contribution in [3.63, 3.8) is 0 Å². The Morgan fingerprint density at radius 3 is 2.78 bits per heavy atom.